The predicted molar refractivity (Wildman–Crippen MR) is 37.8 cm³/mol. The van der Waals surface area contributed by atoms with Crippen LogP contribution in [0.5, 0.6) is 0 Å². The molecule has 0 aromatic carbocycles. The second-order valence-electron chi connectivity index (χ2n) is 1.88. The van der Waals surface area contributed by atoms with E-state index in [0.717, 1.165) is 26.1 Å². The molecule has 0 aliphatic rings. The number of rotatable bonds is 4. The molecular formula is C7H16NRu. The van der Waals surface area contributed by atoms with E-state index in [4.69, 9.17) is 0 Å². The third-order valence-corrected chi connectivity index (χ3v) is 1.37. The van der Waals surface area contributed by atoms with Crippen molar-refractivity contribution in [1.82, 2.24) is 4.90 Å². The van der Waals surface area contributed by atoms with E-state index in [1.54, 1.807) is 0 Å². The maximum absolute atomic E-state index is 3.78. The molecule has 0 amide bonds. The first-order chi connectivity index (χ1) is 3.85. The number of hydrogen-bond donors (Lipinski definition) is 0. The Morgan fingerprint density at radius 2 is 1.67 bits per heavy atom. The van der Waals surface area contributed by atoms with Crippen molar-refractivity contribution >= 4 is 0 Å². The summed E-state index contributed by atoms with van der Waals surface area (Å²) in [6.45, 7) is 11.6. The predicted octanol–water partition coefficient (Wildman–Crippen LogP) is 1.55. The Labute approximate surface area is 71.6 Å². The SMILES string of the molecule is [CH2-]CCN(CC)CC.[Ru+]. The van der Waals surface area contributed by atoms with Gasteiger partial charge in [0.2, 0.25) is 0 Å². The molecule has 0 aromatic heterocycles. The summed E-state index contributed by atoms with van der Waals surface area (Å²) in [7, 11) is 0. The summed E-state index contributed by atoms with van der Waals surface area (Å²) in [4.78, 5) is 2.37. The van der Waals surface area contributed by atoms with Crippen LogP contribution in [0.3, 0.4) is 0 Å². The van der Waals surface area contributed by atoms with E-state index >= 15 is 0 Å². The summed E-state index contributed by atoms with van der Waals surface area (Å²) in [6, 6.07) is 0. The Bertz CT molecular complexity index is 44.2. The van der Waals surface area contributed by atoms with Gasteiger partial charge >= 0.3 is 19.5 Å². The Kier molecular flexibility index (Phi) is 11.7. The van der Waals surface area contributed by atoms with E-state index < -0.39 is 0 Å². The summed E-state index contributed by atoms with van der Waals surface area (Å²) in [5.74, 6) is 0. The van der Waals surface area contributed by atoms with Crippen LogP contribution in [0.15, 0.2) is 0 Å². The molecule has 0 aliphatic carbocycles. The molecule has 0 spiro atoms. The summed E-state index contributed by atoms with van der Waals surface area (Å²) >= 11 is 0. The molecule has 2 heteroatoms. The smallest absolute Gasteiger partial charge is 0.342 e. The van der Waals surface area contributed by atoms with Crippen molar-refractivity contribution in [3.8, 4) is 0 Å². The van der Waals surface area contributed by atoms with Crippen LogP contribution in [0.25, 0.3) is 0 Å². The van der Waals surface area contributed by atoms with Gasteiger partial charge < -0.3 is 11.8 Å². The van der Waals surface area contributed by atoms with E-state index in [-0.39, 0.29) is 19.5 Å². The molecule has 0 saturated heterocycles. The van der Waals surface area contributed by atoms with Crippen LogP contribution in [0.2, 0.25) is 0 Å². The van der Waals surface area contributed by atoms with Crippen LogP contribution < -0.4 is 0 Å². The molecule has 9 heavy (non-hydrogen) atoms. The fraction of sp³-hybridized carbons (Fsp3) is 0.857. The van der Waals surface area contributed by atoms with E-state index in [2.05, 4.69) is 25.7 Å². The number of hydrogen-bond acceptors (Lipinski definition) is 1. The molecule has 0 aliphatic heterocycles. The molecule has 1 nitrogen and oxygen atoms in total. The first kappa shape index (κ1) is 12.3. The summed E-state index contributed by atoms with van der Waals surface area (Å²) < 4.78 is 0. The third-order valence-electron chi connectivity index (χ3n) is 1.37. The van der Waals surface area contributed by atoms with Crippen molar-refractivity contribution in [3.63, 3.8) is 0 Å². The minimum atomic E-state index is 0. The average Bonchev–Trinajstić information content (AvgIpc) is 1.83. The molecule has 0 aromatic rings. The minimum Gasteiger partial charge on any atom is -0.342 e. The van der Waals surface area contributed by atoms with Gasteiger partial charge in [0, 0.05) is 0 Å². The molecule has 0 bridgehead atoms. The third kappa shape index (κ3) is 6.47. The monoisotopic (exact) mass is 216 g/mol. The largest absolute Gasteiger partial charge is 1.00 e. The maximum atomic E-state index is 3.78. The van der Waals surface area contributed by atoms with Crippen molar-refractivity contribution in [2.45, 2.75) is 20.3 Å². The molecule has 0 unspecified atom stereocenters. The van der Waals surface area contributed by atoms with Crippen molar-refractivity contribution in [2.24, 2.45) is 0 Å². The van der Waals surface area contributed by atoms with Gasteiger partial charge in [-0.2, -0.15) is 6.42 Å². The van der Waals surface area contributed by atoms with Crippen LogP contribution >= 0.6 is 0 Å². The summed E-state index contributed by atoms with van der Waals surface area (Å²) in [5.41, 5.74) is 0. The van der Waals surface area contributed by atoms with Gasteiger partial charge in [0.15, 0.2) is 0 Å². The zero-order chi connectivity index (χ0) is 6.41. The molecule has 0 rings (SSSR count). The minimum absolute atomic E-state index is 0. The fourth-order valence-electron chi connectivity index (χ4n) is 0.763. The van der Waals surface area contributed by atoms with E-state index in [1.807, 2.05) is 0 Å². The molecule has 0 heterocycles. The average molecular weight is 215 g/mol. The van der Waals surface area contributed by atoms with Crippen LogP contribution in [-0.4, -0.2) is 24.5 Å². The molecule has 0 fully saturated rings. The first-order valence-electron chi connectivity index (χ1n) is 3.36. The van der Waals surface area contributed by atoms with E-state index in [9.17, 15) is 0 Å². The van der Waals surface area contributed by atoms with Gasteiger partial charge in [-0.05, 0) is 19.6 Å². The van der Waals surface area contributed by atoms with Gasteiger partial charge in [0.1, 0.15) is 0 Å². The zero-order valence-electron chi connectivity index (χ0n) is 6.34. The Hall–Kier alpha value is 0.583. The summed E-state index contributed by atoms with van der Waals surface area (Å²) in [6.07, 6.45) is 1.03. The van der Waals surface area contributed by atoms with Gasteiger partial charge in [-0.25, -0.2) is 0 Å². The quantitative estimate of drug-likeness (QED) is 0.508. The van der Waals surface area contributed by atoms with Crippen molar-refractivity contribution < 1.29 is 19.5 Å². The second kappa shape index (κ2) is 8.58. The molecule has 0 N–H and O–H groups in total. The Balaban J connectivity index is 0. The van der Waals surface area contributed by atoms with Gasteiger partial charge in [0.05, 0.1) is 0 Å². The fourth-order valence-corrected chi connectivity index (χ4v) is 0.763. The van der Waals surface area contributed by atoms with Crippen molar-refractivity contribution in [2.75, 3.05) is 19.6 Å². The zero-order valence-corrected chi connectivity index (χ0v) is 8.07. The molecular weight excluding hydrogens is 199 g/mol. The van der Waals surface area contributed by atoms with Crippen LogP contribution in [0, 0.1) is 6.92 Å². The standard InChI is InChI=1S/C7H16N.Ru/c1-4-7-8(5-2)6-3;/h1,4-7H2,2-3H3;/q-1;+1. The topological polar surface area (TPSA) is 3.24 Å². The molecule has 1 radical (unpaired) electrons. The summed E-state index contributed by atoms with van der Waals surface area (Å²) in [5, 5.41) is 0. The first-order valence-corrected chi connectivity index (χ1v) is 3.36. The van der Waals surface area contributed by atoms with Gasteiger partial charge in [-0.3, -0.25) is 0 Å². The Morgan fingerprint density at radius 1 is 1.22 bits per heavy atom. The van der Waals surface area contributed by atoms with Gasteiger partial charge in [-0.1, -0.05) is 13.8 Å². The van der Waals surface area contributed by atoms with Gasteiger partial charge in [-0.15, -0.1) is 0 Å². The normalized spacial score (nSPS) is 9.33. The Morgan fingerprint density at radius 3 is 1.78 bits per heavy atom. The molecule has 57 valence electrons. The maximum Gasteiger partial charge on any atom is 1.00 e. The molecule has 0 atom stereocenters. The van der Waals surface area contributed by atoms with Crippen LogP contribution in [-0.2, 0) is 19.5 Å². The second-order valence-corrected chi connectivity index (χ2v) is 1.88. The van der Waals surface area contributed by atoms with Crippen LogP contribution in [0.1, 0.15) is 20.3 Å². The van der Waals surface area contributed by atoms with Crippen molar-refractivity contribution in [3.05, 3.63) is 6.92 Å². The van der Waals surface area contributed by atoms with Gasteiger partial charge in [0.25, 0.3) is 0 Å². The molecule has 0 saturated carbocycles. The van der Waals surface area contributed by atoms with Crippen molar-refractivity contribution in [1.29, 1.82) is 0 Å². The number of nitrogens with zero attached hydrogens (tertiary/aromatic N) is 1. The van der Waals surface area contributed by atoms with Crippen LogP contribution in [0.4, 0.5) is 0 Å². The van der Waals surface area contributed by atoms with E-state index in [0.29, 0.717) is 0 Å². The van der Waals surface area contributed by atoms with E-state index in [1.165, 1.54) is 0 Å².